The number of rotatable bonds is 6. The van der Waals surface area contributed by atoms with E-state index >= 15 is 0 Å². The molecule has 1 heterocycles. The smallest absolute Gasteiger partial charge is 0.261 e. The molecule has 0 aliphatic rings. The zero-order chi connectivity index (χ0) is 20.8. The van der Waals surface area contributed by atoms with Gasteiger partial charge in [-0.25, -0.2) is 4.68 Å². The molecule has 146 valence electrons. The van der Waals surface area contributed by atoms with Crippen LogP contribution >= 0.6 is 0 Å². The maximum absolute atomic E-state index is 12.0. The molecule has 3 rings (SSSR count). The molecule has 0 radical (unpaired) electrons. The molecule has 29 heavy (non-hydrogen) atoms. The molecule has 1 amide bonds. The van der Waals surface area contributed by atoms with Crippen LogP contribution in [0.1, 0.15) is 5.56 Å². The Hall–Kier alpha value is -4.05. The number of methoxy groups -OCH3 is 2. The fourth-order valence-electron chi connectivity index (χ4n) is 2.85. The van der Waals surface area contributed by atoms with Crippen LogP contribution in [0.4, 0.5) is 0 Å². The maximum atomic E-state index is 12.0. The van der Waals surface area contributed by atoms with Crippen LogP contribution in [0.3, 0.4) is 0 Å². The summed E-state index contributed by atoms with van der Waals surface area (Å²) in [5.41, 5.74) is 2.83. The van der Waals surface area contributed by atoms with Crippen molar-refractivity contribution in [3.8, 4) is 34.5 Å². The molecule has 0 saturated heterocycles. The van der Waals surface area contributed by atoms with E-state index in [0.717, 1.165) is 11.3 Å². The van der Waals surface area contributed by atoms with Crippen molar-refractivity contribution in [2.45, 2.75) is 0 Å². The minimum absolute atomic E-state index is 0.0122. The highest BCUT2D eigenvalue weighted by Crippen LogP contribution is 2.34. The molecule has 7 nitrogen and oxygen atoms in total. The van der Waals surface area contributed by atoms with E-state index < -0.39 is 5.91 Å². The van der Waals surface area contributed by atoms with Gasteiger partial charge in [0.05, 0.1) is 19.9 Å². The molecule has 3 aromatic rings. The number of hydrogen-bond donors (Lipinski definition) is 1. The lowest BCUT2D eigenvalue weighted by Gasteiger charge is -2.09. The molecule has 0 fully saturated rings. The summed E-state index contributed by atoms with van der Waals surface area (Å²) in [7, 11) is 4.61. The number of nitrogens with zero attached hydrogens (tertiary/aromatic N) is 3. The second-order valence-corrected chi connectivity index (χ2v) is 6.03. The molecule has 0 bridgehead atoms. The number of carbonyl (C=O) groups is 1. The first-order valence-electron chi connectivity index (χ1n) is 8.82. The third-order valence-electron chi connectivity index (χ3n) is 4.31. The van der Waals surface area contributed by atoms with Crippen molar-refractivity contribution in [3.05, 3.63) is 65.9 Å². The SMILES string of the molecule is CNC(=O)/C(C#N)=C/c1cn(-c2ccccc2)nc1-c1ccc(OC)c(OC)c1. The van der Waals surface area contributed by atoms with Crippen LogP contribution in [0.2, 0.25) is 0 Å². The molecule has 1 N–H and O–H groups in total. The van der Waals surface area contributed by atoms with Gasteiger partial charge in [-0.05, 0) is 36.4 Å². The number of hydrogen-bond acceptors (Lipinski definition) is 5. The number of benzene rings is 2. The number of amides is 1. The lowest BCUT2D eigenvalue weighted by molar-refractivity contribution is -0.116. The zero-order valence-electron chi connectivity index (χ0n) is 16.3. The van der Waals surface area contributed by atoms with Gasteiger partial charge < -0.3 is 14.8 Å². The molecular formula is C22H20N4O3. The van der Waals surface area contributed by atoms with Crippen molar-refractivity contribution < 1.29 is 14.3 Å². The van der Waals surface area contributed by atoms with Crippen molar-refractivity contribution >= 4 is 12.0 Å². The summed E-state index contributed by atoms with van der Waals surface area (Å²) in [5, 5.41) is 16.5. The second-order valence-electron chi connectivity index (χ2n) is 6.03. The minimum Gasteiger partial charge on any atom is -0.493 e. The number of nitrogens with one attached hydrogen (secondary N) is 1. The van der Waals surface area contributed by atoms with Crippen LogP contribution in [-0.4, -0.2) is 37.0 Å². The minimum atomic E-state index is -0.460. The largest absolute Gasteiger partial charge is 0.493 e. The molecule has 0 aliphatic heterocycles. The van der Waals surface area contributed by atoms with Gasteiger partial charge in [0.1, 0.15) is 17.3 Å². The van der Waals surface area contributed by atoms with E-state index in [1.807, 2.05) is 42.5 Å². The van der Waals surface area contributed by atoms with Gasteiger partial charge in [-0.2, -0.15) is 10.4 Å². The van der Waals surface area contributed by atoms with Crippen LogP contribution < -0.4 is 14.8 Å². The Morgan fingerprint density at radius 3 is 2.48 bits per heavy atom. The highest BCUT2D eigenvalue weighted by molar-refractivity contribution is 6.02. The molecule has 0 saturated carbocycles. The number of carbonyl (C=O) groups excluding carboxylic acids is 1. The van der Waals surface area contributed by atoms with Crippen LogP contribution in [0.15, 0.2) is 60.3 Å². The summed E-state index contributed by atoms with van der Waals surface area (Å²) < 4.78 is 12.4. The van der Waals surface area contributed by atoms with Gasteiger partial charge in [-0.3, -0.25) is 4.79 Å². The second kappa shape index (κ2) is 8.76. The average molecular weight is 388 g/mol. The van der Waals surface area contributed by atoms with Gasteiger partial charge in [-0.15, -0.1) is 0 Å². The lowest BCUT2D eigenvalue weighted by Crippen LogP contribution is -2.19. The monoisotopic (exact) mass is 388 g/mol. The zero-order valence-corrected chi connectivity index (χ0v) is 16.3. The average Bonchev–Trinajstić information content (AvgIpc) is 3.20. The molecule has 0 aliphatic carbocycles. The summed E-state index contributed by atoms with van der Waals surface area (Å²) in [4.78, 5) is 12.0. The molecule has 0 spiro atoms. The summed E-state index contributed by atoms with van der Waals surface area (Å²) in [6.45, 7) is 0. The number of ether oxygens (including phenoxy) is 2. The van der Waals surface area contributed by atoms with E-state index in [9.17, 15) is 10.1 Å². The van der Waals surface area contributed by atoms with Gasteiger partial charge in [0, 0.05) is 24.4 Å². The number of likely N-dealkylation sites (N-methyl/N-ethyl adjacent to an activating group) is 1. The van der Waals surface area contributed by atoms with Crippen LogP contribution in [-0.2, 0) is 4.79 Å². The maximum Gasteiger partial charge on any atom is 0.261 e. The molecular weight excluding hydrogens is 368 g/mol. The fraction of sp³-hybridized carbons (Fsp3) is 0.136. The molecule has 1 aromatic heterocycles. The third kappa shape index (κ3) is 4.12. The molecule has 0 atom stereocenters. The van der Waals surface area contributed by atoms with Gasteiger partial charge >= 0.3 is 0 Å². The number of nitriles is 1. The van der Waals surface area contributed by atoms with Crippen molar-refractivity contribution in [1.29, 1.82) is 5.26 Å². The summed E-state index contributed by atoms with van der Waals surface area (Å²) >= 11 is 0. The molecule has 7 heteroatoms. The Kier molecular flexibility index (Phi) is 5.95. The van der Waals surface area contributed by atoms with Crippen molar-refractivity contribution in [1.82, 2.24) is 15.1 Å². The quantitative estimate of drug-likeness (QED) is 0.517. The van der Waals surface area contributed by atoms with Gasteiger partial charge in [0.25, 0.3) is 5.91 Å². The number of para-hydroxylation sites is 1. The first kappa shape index (κ1) is 19.7. The van der Waals surface area contributed by atoms with Gasteiger partial charge in [-0.1, -0.05) is 18.2 Å². The van der Waals surface area contributed by atoms with Crippen molar-refractivity contribution in [2.24, 2.45) is 0 Å². The Labute approximate surface area is 168 Å². The van der Waals surface area contributed by atoms with E-state index in [1.165, 1.54) is 13.1 Å². The van der Waals surface area contributed by atoms with E-state index in [1.54, 1.807) is 37.2 Å². The van der Waals surface area contributed by atoms with E-state index in [0.29, 0.717) is 22.8 Å². The van der Waals surface area contributed by atoms with Gasteiger partial charge in [0.2, 0.25) is 0 Å². The molecule has 2 aromatic carbocycles. The summed E-state index contributed by atoms with van der Waals surface area (Å²) in [6.07, 6.45) is 3.30. The topological polar surface area (TPSA) is 89.2 Å². The summed E-state index contributed by atoms with van der Waals surface area (Å²) in [5.74, 6) is 0.693. The molecule has 0 unspecified atom stereocenters. The highest BCUT2D eigenvalue weighted by Gasteiger charge is 2.16. The Bertz CT molecular complexity index is 1090. The van der Waals surface area contributed by atoms with Crippen LogP contribution in [0.25, 0.3) is 23.0 Å². The van der Waals surface area contributed by atoms with E-state index in [-0.39, 0.29) is 5.57 Å². The fourth-order valence-corrected chi connectivity index (χ4v) is 2.85. The van der Waals surface area contributed by atoms with Crippen LogP contribution in [0.5, 0.6) is 11.5 Å². The van der Waals surface area contributed by atoms with Crippen molar-refractivity contribution in [3.63, 3.8) is 0 Å². The third-order valence-corrected chi connectivity index (χ3v) is 4.31. The Morgan fingerprint density at radius 2 is 1.86 bits per heavy atom. The predicted octanol–water partition coefficient (Wildman–Crippen LogP) is 3.21. The Balaban J connectivity index is 2.19. The predicted molar refractivity (Wildman–Crippen MR) is 110 cm³/mol. The standard InChI is InChI=1S/C22H20N4O3/c1-24-22(27)16(13-23)11-17-14-26(18-7-5-4-6-8-18)25-21(17)15-9-10-19(28-2)20(12-15)29-3/h4-12,14H,1-3H3,(H,24,27)/b16-11+. The van der Waals surface area contributed by atoms with Gasteiger partial charge in [0.15, 0.2) is 11.5 Å². The lowest BCUT2D eigenvalue weighted by atomic mass is 10.1. The summed E-state index contributed by atoms with van der Waals surface area (Å²) in [6, 6.07) is 17.0. The highest BCUT2D eigenvalue weighted by atomic mass is 16.5. The number of aromatic nitrogens is 2. The van der Waals surface area contributed by atoms with E-state index in [4.69, 9.17) is 9.47 Å². The normalized spacial score (nSPS) is 10.9. The van der Waals surface area contributed by atoms with E-state index in [2.05, 4.69) is 10.4 Å². The van der Waals surface area contributed by atoms with Crippen molar-refractivity contribution in [2.75, 3.05) is 21.3 Å². The van der Waals surface area contributed by atoms with Crippen LogP contribution in [0, 0.1) is 11.3 Å². The first-order valence-corrected chi connectivity index (χ1v) is 8.82. The first-order chi connectivity index (χ1) is 14.1. The Morgan fingerprint density at radius 1 is 1.14 bits per heavy atom.